The molecule has 0 fully saturated rings. The van der Waals surface area contributed by atoms with E-state index in [0.29, 0.717) is 11.3 Å². The molecular weight excluding hydrogens is 371 g/mol. The van der Waals surface area contributed by atoms with E-state index in [1.54, 1.807) is 24.3 Å². The predicted molar refractivity (Wildman–Crippen MR) is 92.3 cm³/mol. The van der Waals surface area contributed by atoms with E-state index in [9.17, 15) is 21.2 Å². The van der Waals surface area contributed by atoms with Crippen molar-refractivity contribution in [1.82, 2.24) is 0 Å². The van der Waals surface area contributed by atoms with Crippen LogP contribution in [0.2, 0.25) is 0 Å². The van der Waals surface area contributed by atoms with Gasteiger partial charge in [0.15, 0.2) is 0 Å². The smallest absolute Gasteiger partial charge is 0.255 e. The van der Waals surface area contributed by atoms with Crippen LogP contribution in [0.5, 0.6) is 5.75 Å². The molecule has 2 aromatic carbocycles. The van der Waals surface area contributed by atoms with E-state index < -0.39 is 36.4 Å². The molecule has 10 heteroatoms. The van der Waals surface area contributed by atoms with E-state index in [0.717, 1.165) is 23.6 Å². The Morgan fingerprint density at radius 1 is 1.12 bits per heavy atom. The summed E-state index contributed by atoms with van der Waals surface area (Å²) in [6.07, 6.45) is 1.26. The number of hydrogen-bond acceptors (Lipinski definition) is 5. The van der Waals surface area contributed by atoms with Gasteiger partial charge in [-0.3, -0.25) is 4.72 Å². The molecule has 0 atom stereocenters. The van der Waals surface area contributed by atoms with Gasteiger partial charge in [0, 0.05) is 5.56 Å². The summed E-state index contributed by atoms with van der Waals surface area (Å²) in [7, 11) is -6.93. The van der Waals surface area contributed by atoms with Crippen LogP contribution in [0.15, 0.2) is 52.8 Å². The summed E-state index contributed by atoms with van der Waals surface area (Å²) in [6, 6.07) is 9.15. The zero-order chi connectivity index (χ0) is 18.7. The molecule has 0 bridgehead atoms. The summed E-state index contributed by atoms with van der Waals surface area (Å²) in [6.45, 7) is 0. The molecule has 0 radical (unpaired) electrons. The Hall–Kier alpha value is -2.43. The number of nitrogens with two attached hydrogens (primary N) is 1. The van der Waals surface area contributed by atoms with Gasteiger partial charge in [0.05, 0.1) is 18.2 Å². The maximum absolute atomic E-state index is 13.4. The second-order valence-electron chi connectivity index (χ2n) is 4.88. The number of sulfonamides is 2. The number of primary sulfonamides is 1. The van der Waals surface area contributed by atoms with Crippen molar-refractivity contribution >= 4 is 31.8 Å². The first-order valence-corrected chi connectivity index (χ1v) is 9.88. The molecule has 0 saturated heterocycles. The molecule has 0 aliphatic rings. The van der Waals surface area contributed by atoms with Crippen LogP contribution in [0.3, 0.4) is 0 Å². The predicted octanol–water partition coefficient (Wildman–Crippen LogP) is 1.89. The fourth-order valence-corrected chi connectivity index (χ4v) is 3.59. The molecule has 0 aromatic heterocycles. The van der Waals surface area contributed by atoms with Gasteiger partial charge in [0.25, 0.3) is 10.0 Å². The van der Waals surface area contributed by atoms with Crippen molar-refractivity contribution in [3.8, 4) is 5.75 Å². The van der Waals surface area contributed by atoms with Crippen molar-refractivity contribution in [1.29, 1.82) is 0 Å². The summed E-state index contributed by atoms with van der Waals surface area (Å²) in [5.74, 6) is -0.372. The van der Waals surface area contributed by atoms with Crippen molar-refractivity contribution < 1.29 is 26.0 Å². The lowest BCUT2D eigenvalue weighted by molar-refractivity contribution is 0.414. The molecule has 7 nitrogen and oxygen atoms in total. The fraction of sp³-hybridized carbons (Fsp3) is 0.0667. The van der Waals surface area contributed by atoms with Crippen LogP contribution in [-0.4, -0.2) is 23.9 Å². The maximum atomic E-state index is 13.4. The van der Waals surface area contributed by atoms with Crippen LogP contribution in [0.25, 0.3) is 6.08 Å². The molecule has 0 unspecified atom stereocenters. The van der Waals surface area contributed by atoms with E-state index >= 15 is 0 Å². The summed E-state index contributed by atoms with van der Waals surface area (Å²) < 4.78 is 67.8. The lowest BCUT2D eigenvalue weighted by Crippen LogP contribution is -2.17. The number of methoxy groups -OCH3 is 1. The molecule has 2 rings (SSSR count). The first-order valence-electron chi connectivity index (χ1n) is 6.79. The quantitative estimate of drug-likeness (QED) is 0.787. The number of rotatable bonds is 6. The average Bonchev–Trinajstić information content (AvgIpc) is 2.51. The van der Waals surface area contributed by atoms with Crippen LogP contribution < -0.4 is 14.6 Å². The van der Waals surface area contributed by atoms with Gasteiger partial charge < -0.3 is 4.74 Å². The molecular formula is C15H15FN2O5S2. The summed E-state index contributed by atoms with van der Waals surface area (Å²) in [5.41, 5.74) is 0.00784. The lowest BCUT2D eigenvalue weighted by Gasteiger charge is -2.09. The van der Waals surface area contributed by atoms with E-state index in [1.165, 1.54) is 13.2 Å². The Kier molecular flexibility index (Phi) is 5.45. The van der Waals surface area contributed by atoms with Crippen molar-refractivity contribution in [2.75, 3.05) is 11.8 Å². The van der Waals surface area contributed by atoms with Crippen LogP contribution in [-0.2, 0) is 20.0 Å². The van der Waals surface area contributed by atoms with Crippen LogP contribution >= 0.6 is 0 Å². The Bertz CT molecular complexity index is 1020. The van der Waals surface area contributed by atoms with E-state index in [-0.39, 0.29) is 0 Å². The number of nitrogens with one attached hydrogen (secondary N) is 1. The van der Waals surface area contributed by atoms with Crippen molar-refractivity contribution in [2.45, 2.75) is 4.90 Å². The normalized spacial score (nSPS) is 12.3. The van der Waals surface area contributed by atoms with E-state index in [2.05, 4.69) is 0 Å². The second-order valence-corrected chi connectivity index (χ2v) is 7.97. The van der Waals surface area contributed by atoms with Crippen molar-refractivity contribution in [3.05, 3.63) is 59.3 Å². The maximum Gasteiger partial charge on any atom is 0.255 e. The highest BCUT2D eigenvalue weighted by atomic mass is 32.2. The minimum Gasteiger partial charge on any atom is -0.496 e. The highest BCUT2D eigenvalue weighted by molar-refractivity contribution is 7.95. The van der Waals surface area contributed by atoms with Gasteiger partial charge in [0.2, 0.25) is 10.0 Å². The zero-order valence-electron chi connectivity index (χ0n) is 13.0. The first kappa shape index (κ1) is 18.9. The van der Waals surface area contributed by atoms with Crippen LogP contribution in [0, 0.1) is 5.82 Å². The monoisotopic (exact) mass is 386 g/mol. The third-order valence-corrected chi connectivity index (χ3v) is 5.03. The molecule has 0 amide bonds. The zero-order valence-corrected chi connectivity index (χ0v) is 14.6. The molecule has 3 N–H and O–H groups in total. The lowest BCUT2D eigenvalue weighted by atomic mass is 10.2. The summed E-state index contributed by atoms with van der Waals surface area (Å²) >= 11 is 0. The Balaban J connectivity index is 2.37. The average molecular weight is 386 g/mol. The summed E-state index contributed by atoms with van der Waals surface area (Å²) in [4.78, 5) is -0.539. The van der Waals surface area contributed by atoms with Gasteiger partial charge in [0.1, 0.15) is 16.5 Å². The Morgan fingerprint density at radius 3 is 2.44 bits per heavy atom. The van der Waals surface area contributed by atoms with E-state index in [1.807, 2.05) is 4.72 Å². The van der Waals surface area contributed by atoms with Gasteiger partial charge in [-0.15, -0.1) is 0 Å². The highest BCUT2D eigenvalue weighted by Crippen LogP contribution is 2.24. The number of ether oxygens (including phenoxy) is 1. The van der Waals surface area contributed by atoms with Crippen molar-refractivity contribution in [3.63, 3.8) is 0 Å². The number of halogens is 1. The number of benzene rings is 2. The molecule has 25 heavy (non-hydrogen) atoms. The fourth-order valence-electron chi connectivity index (χ4n) is 1.98. The third kappa shape index (κ3) is 5.02. The largest absolute Gasteiger partial charge is 0.496 e. The Labute approximate surface area is 145 Å². The first-order chi connectivity index (χ1) is 11.6. The number of anilines is 1. The van der Waals surface area contributed by atoms with Gasteiger partial charge in [-0.1, -0.05) is 18.2 Å². The van der Waals surface area contributed by atoms with E-state index in [4.69, 9.17) is 9.88 Å². The standard InChI is InChI=1S/C15H15FN2O5S2/c1-23-14-5-3-2-4-11(14)8-9-24(19,20)18-13-10-12(16)6-7-15(13)25(17,21)22/h2-10,18H,1H3,(H2,17,21,22). The van der Waals surface area contributed by atoms with Gasteiger partial charge in [-0.05, 0) is 30.3 Å². The number of hydrogen-bond donors (Lipinski definition) is 2. The second kappa shape index (κ2) is 7.21. The topological polar surface area (TPSA) is 116 Å². The highest BCUT2D eigenvalue weighted by Gasteiger charge is 2.18. The molecule has 0 aliphatic carbocycles. The summed E-state index contributed by atoms with van der Waals surface area (Å²) in [5, 5.41) is 5.82. The molecule has 134 valence electrons. The molecule has 0 aliphatic heterocycles. The Morgan fingerprint density at radius 2 is 1.80 bits per heavy atom. The van der Waals surface area contributed by atoms with Crippen LogP contribution in [0.4, 0.5) is 10.1 Å². The van der Waals surface area contributed by atoms with Gasteiger partial charge in [-0.25, -0.2) is 26.4 Å². The van der Waals surface area contributed by atoms with Crippen LogP contribution in [0.1, 0.15) is 5.56 Å². The van der Waals surface area contributed by atoms with Gasteiger partial charge >= 0.3 is 0 Å². The van der Waals surface area contributed by atoms with Crippen molar-refractivity contribution in [2.24, 2.45) is 5.14 Å². The molecule has 0 saturated carbocycles. The number of para-hydroxylation sites is 1. The third-order valence-electron chi connectivity index (χ3n) is 3.07. The molecule has 2 aromatic rings. The van der Waals surface area contributed by atoms with Gasteiger partial charge in [-0.2, -0.15) is 0 Å². The molecule has 0 heterocycles. The molecule has 0 spiro atoms. The minimum atomic E-state index is -4.24. The minimum absolute atomic E-state index is 0.449. The SMILES string of the molecule is COc1ccccc1C=CS(=O)(=O)Nc1cc(F)ccc1S(N)(=O)=O.